The highest BCUT2D eigenvalue weighted by Crippen LogP contribution is 2.33. The van der Waals surface area contributed by atoms with E-state index in [-0.39, 0.29) is 11.5 Å². The zero-order chi connectivity index (χ0) is 15.1. The third-order valence-corrected chi connectivity index (χ3v) is 4.48. The summed E-state index contributed by atoms with van der Waals surface area (Å²) in [6.45, 7) is 2.23. The van der Waals surface area contributed by atoms with Crippen LogP contribution in [0.1, 0.15) is 31.2 Å². The summed E-state index contributed by atoms with van der Waals surface area (Å²) in [5.74, 6) is 0.0135. The molecular formula is C17H25F2NO. The maximum Gasteiger partial charge on any atom is 0.129 e. The van der Waals surface area contributed by atoms with Crippen LogP contribution in [-0.4, -0.2) is 26.8 Å². The molecule has 0 radical (unpaired) electrons. The molecule has 0 spiro atoms. The summed E-state index contributed by atoms with van der Waals surface area (Å²) in [6.07, 6.45) is 5.29. The lowest BCUT2D eigenvalue weighted by molar-refractivity contribution is 0.195. The van der Waals surface area contributed by atoms with Crippen molar-refractivity contribution in [1.29, 1.82) is 0 Å². The monoisotopic (exact) mass is 297 g/mol. The Balaban J connectivity index is 2.00. The minimum Gasteiger partial charge on any atom is -0.383 e. The summed E-state index contributed by atoms with van der Waals surface area (Å²) in [5.41, 5.74) is 0.239. The fourth-order valence-electron chi connectivity index (χ4n) is 3.29. The highest BCUT2D eigenvalue weighted by Gasteiger charge is 2.26. The number of benzene rings is 1. The summed E-state index contributed by atoms with van der Waals surface area (Å²) in [7, 11) is 1.67. The van der Waals surface area contributed by atoms with Crippen molar-refractivity contribution in [1.82, 2.24) is 5.32 Å². The van der Waals surface area contributed by atoms with E-state index >= 15 is 0 Å². The molecule has 1 aliphatic carbocycles. The van der Waals surface area contributed by atoms with Gasteiger partial charge in [0.1, 0.15) is 11.6 Å². The van der Waals surface area contributed by atoms with E-state index < -0.39 is 11.6 Å². The van der Waals surface area contributed by atoms with Crippen LogP contribution in [0.25, 0.3) is 0 Å². The molecule has 1 saturated carbocycles. The Morgan fingerprint density at radius 1 is 1.24 bits per heavy atom. The average Bonchev–Trinajstić information content (AvgIpc) is 2.99. The van der Waals surface area contributed by atoms with Gasteiger partial charge in [-0.2, -0.15) is 0 Å². The Morgan fingerprint density at radius 2 is 1.90 bits per heavy atom. The first kappa shape index (κ1) is 16.4. The molecule has 2 rings (SSSR count). The molecule has 4 heteroatoms. The normalized spacial score (nSPS) is 17.3. The van der Waals surface area contributed by atoms with Crippen molar-refractivity contribution in [2.75, 3.05) is 26.8 Å². The van der Waals surface area contributed by atoms with Gasteiger partial charge in [0.15, 0.2) is 0 Å². The molecule has 1 aromatic rings. The van der Waals surface area contributed by atoms with Gasteiger partial charge in [0.2, 0.25) is 0 Å². The molecule has 118 valence electrons. The Kier molecular flexibility index (Phi) is 6.58. The third kappa shape index (κ3) is 4.75. The molecule has 1 unspecified atom stereocenters. The molecule has 1 atom stereocenters. The number of hydrogen-bond acceptors (Lipinski definition) is 2. The van der Waals surface area contributed by atoms with Crippen molar-refractivity contribution in [3.8, 4) is 0 Å². The molecule has 1 fully saturated rings. The van der Waals surface area contributed by atoms with Crippen LogP contribution in [0.2, 0.25) is 0 Å². The zero-order valence-electron chi connectivity index (χ0n) is 12.7. The fourth-order valence-corrected chi connectivity index (χ4v) is 3.29. The van der Waals surface area contributed by atoms with Crippen molar-refractivity contribution >= 4 is 0 Å². The van der Waals surface area contributed by atoms with E-state index in [0.29, 0.717) is 18.9 Å². The first-order valence-electron chi connectivity index (χ1n) is 7.85. The van der Waals surface area contributed by atoms with E-state index in [9.17, 15) is 8.78 Å². The van der Waals surface area contributed by atoms with Crippen molar-refractivity contribution in [2.24, 2.45) is 11.8 Å². The molecule has 1 N–H and O–H groups in total. The van der Waals surface area contributed by atoms with E-state index in [0.717, 1.165) is 13.1 Å². The van der Waals surface area contributed by atoms with Gasteiger partial charge in [0, 0.05) is 19.2 Å². The second kappa shape index (κ2) is 8.44. The number of ether oxygens (including phenoxy) is 1. The highest BCUT2D eigenvalue weighted by molar-refractivity contribution is 5.20. The van der Waals surface area contributed by atoms with Gasteiger partial charge in [-0.1, -0.05) is 31.7 Å². The number of rotatable bonds is 8. The van der Waals surface area contributed by atoms with Gasteiger partial charge in [-0.3, -0.25) is 0 Å². The number of methoxy groups -OCH3 is 1. The first-order chi connectivity index (χ1) is 10.2. The predicted octanol–water partition coefficient (Wildman–Crippen LogP) is 3.55. The second-order valence-electron chi connectivity index (χ2n) is 5.91. The highest BCUT2D eigenvalue weighted by atomic mass is 19.1. The summed E-state index contributed by atoms with van der Waals surface area (Å²) in [4.78, 5) is 0. The van der Waals surface area contributed by atoms with Crippen LogP contribution >= 0.6 is 0 Å². The predicted molar refractivity (Wildman–Crippen MR) is 80.3 cm³/mol. The van der Waals surface area contributed by atoms with E-state index in [1.54, 1.807) is 7.11 Å². The van der Waals surface area contributed by atoms with E-state index in [4.69, 9.17) is 4.74 Å². The Bertz CT molecular complexity index is 413. The molecule has 21 heavy (non-hydrogen) atoms. The summed E-state index contributed by atoms with van der Waals surface area (Å²) in [6, 6.07) is 4.13. The van der Waals surface area contributed by atoms with Crippen LogP contribution in [-0.2, 0) is 11.2 Å². The summed E-state index contributed by atoms with van der Waals surface area (Å²) in [5, 5.41) is 3.35. The van der Waals surface area contributed by atoms with Gasteiger partial charge < -0.3 is 10.1 Å². The maximum atomic E-state index is 13.9. The summed E-state index contributed by atoms with van der Waals surface area (Å²) >= 11 is 0. The van der Waals surface area contributed by atoms with Crippen LogP contribution in [0.4, 0.5) is 8.78 Å². The largest absolute Gasteiger partial charge is 0.383 e. The van der Waals surface area contributed by atoms with Crippen molar-refractivity contribution in [3.63, 3.8) is 0 Å². The van der Waals surface area contributed by atoms with E-state index in [2.05, 4.69) is 5.32 Å². The average molecular weight is 297 g/mol. The molecule has 0 aliphatic heterocycles. The zero-order valence-corrected chi connectivity index (χ0v) is 12.7. The van der Waals surface area contributed by atoms with Gasteiger partial charge >= 0.3 is 0 Å². The molecule has 1 aromatic carbocycles. The molecule has 2 nitrogen and oxygen atoms in total. The fraction of sp³-hybridized carbons (Fsp3) is 0.647. The van der Waals surface area contributed by atoms with Crippen LogP contribution in [0.3, 0.4) is 0 Å². The van der Waals surface area contributed by atoms with E-state index in [1.165, 1.54) is 43.9 Å². The Morgan fingerprint density at radius 3 is 2.52 bits per heavy atom. The number of halogens is 2. The standard InChI is InChI=1S/C17H25F2NO/c1-21-10-9-20-12-14(13-5-2-3-6-13)11-15-16(18)7-4-8-17(15)19/h4,7-8,13-14,20H,2-3,5-6,9-12H2,1H3. The SMILES string of the molecule is COCCNCC(Cc1c(F)cccc1F)C1CCCC1. The topological polar surface area (TPSA) is 21.3 Å². The maximum absolute atomic E-state index is 13.9. The van der Waals surface area contributed by atoms with Crippen LogP contribution in [0, 0.1) is 23.5 Å². The van der Waals surface area contributed by atoms with Crippen molar-refractivity contribution < 1.29 is 13.5 Å². The number of nitrogens with one attached hydrogen (secondary N) is 1. The van der Waals surface area contributed by atoms with Gasteiger partial charge in [-0.05, 0) is 36.9 Å². The minimum absolute atomic E-state index is 0.239. The van der Waals surface area contributed by atoms with Crippen molar-refractivity contribution in [3.05, 3.63) is 35.4 Å². The molecule has 0 saturated heterocycles. The van der Waals surface area contributed by atoms with Crippen molar-refractivity contribution in [2.45, 2.75) is 32.1 Å². The molecular weight excluding hydrogens is 272 g/mol. The van der Waals surface area contributed by atoms with Crippen LogP contribution < -0.4 is 5.32 Å². The van der Waals surface area contributed by atoms with E-state index in [1.807, 2.05) is 0 Å². The number of hydrogen-bond donors (Lipinski definition) is 1. The third-order valence-electron chi connectivity index (χ3n) is 4.48. The summed E-state index contributed by atoms with van der Waals surface area (Å²) < 4.78 is 32.7. The van der Waals surface area contributed by atoms with Crippen LogP contribution in [0.5, 0.6) is 0 Å². The van der Waals surface area contributed by atoms with Gasteiger partial charge in [-0.15, -0.1) is 0 Å². The molecule has 1 aliphatic rings. The van der Waals surface area contributed by atoms with Gasteiger partial charge in [0.05, 0.1) is 6.61 Å². The van der Waals surface area contributed by atoms with Gasteiger partial charge in [0.25, 0.3) is 0 Å². The lowest BCUT2D eigenvalue weighted by Gasteiger charge is -2.24. The molecule has 0 aromatic heterocycles. The Labute approximate surface area is 125 Å². The second-order valence-corrected chi connectivity index (χ2v) is 5.91. The lowest BCUT2D eigenvalue weighted by atomic mass is 9.85. The quantitative estimate of drug-likeness (QED) is 0.741. The lowest BCUT2D eigenvalue weighted by Crippen LogP contribution is -2.31. The molecule has 0 bridgehead atoms. The minimum atomic E-state index is -0.421. The molecule has 0 amide bonds. The first-order valence-corrected chi connectivity index (χ1v) is 7.85. The smallest absolute Gasteiger partial charge is 0.129 e. The van der Waals surface area contributed by atoms with Crippen LogP contribution in [0.15, 0.2) is 18.2 Å². The van der Waals surface area contributed by atoms with Gasteiger partial charge in [-0.25, -0.2) is 8.78 Å². The molecule has 0 heterocycles. The Hall–Kier alpha value is -1.00.